The van der Waals surface area contributed by atoms with Crippen LogP contribution in [0, 0.1) is 0 Å². The second-order valence-electron chi connectivity index (χ2n) is 5.06. The molecule has 114 valence electrons. The van der Waals surface area contributed by atoms with Crippen molar-refractivity contribution in [2.24, 2.45) is 0 Å². The van der Waals surface area contributed by atoms with Crippen molar-refractivity contribution < 1.29 is 8.42 Å². The Kier molecular flexibility index (Phi) is 5.57. The third-order valence-corrected chi connectivity index (χ3v) is 6.39. The van der Waals surface area contributed by atoms with Crippen molar-refractivity contribution in [3.8, 4) is 0 Å². The van der Waals surface area contributed by atoms with Crippen LogP contribution >= 0.6 is 11.3 Å². The fourth-order valence-electron chi connectivity index (χ4n) is 2.22. The highest BCUT2D eigenvalue weighted by Crippen LogP contribution is 2.26. The molecule has 2 N–H and O–H groups in total. The summed E-state index contributed by atoms with van der Waals surface area (Å²) in [6.07, 6.45) is 2.50. The minimum Gasteiger partial charge on any atom is -0.316 e. The van der Waals surface area contributed by atoms with Gasteiger partial charge in [0.05, 0.1) is 0 Å². The van der Waals surface area contributed by atoms with Gasteiger partial charge in [0.15, 0.2) is 0 Å². The number of likely N-dealkylation sites (N-methyl/N-ethyl adjacent to an activating group) is 1. The lowest BCUT2D eigenvalue weighted by Crippen LogP contribution is -2.35. The van der Waals surface area contributed by atoms with Crippen LogP contribution in [0.3, 0.4) is 0 Å². The monoisotopic (exact) mass is 317 g/mol. The minimum atomic E-state index is -3.35. The largest absolute Gasteiger partial charge is 0.316 e. The number of nitrogens with zero attached hydrogens (tertiary/aromatic N) is 1. The molecular formula is C13H23N3O2S2. The number of hydrogen-bond donors (Lipinski definition) is 2. The van der Waals surface area contributed by atoms with Crippen LogP contribution in [-0.2, 0) is 16.6 Å². The first-order chi connectivity index (χ1) is 9.56. The summed E-state index contributed by atoms with van der Waals surface area (Å²) in [7, 11) is -1.50. The average molecular weight is 317 g/mol. The second-order valence-corrected chi connectivity index (χ2v) is 7.97. The highest BCUT2D eigenvalue weighted by atomic mass is 32.2. The molecule has 1 saturated carbocycles. The van der Waals surface area contributed by atoms with Crippen LogP contribution in [-0.4, -0.2) is 46.0 Å². The Bertz CT molecular complexity index is 523. The Labute approximate surface area is 125 Å². The molecule has 1 aliphatic rings. The van der Waals surface area contributed by atoms with Gasteiger partial charge in [-0.2, -0.15) is 0 Å². The lowest BCUT2D eigenvalue weighted by molar-refractivity contribution is 0.282. The fourth-order valence-corrected chi connectivity index (χ4v) is 4.50. The lowest BCUT2D eigenvalue weighted by Gasteiger charge is -2.19. The fraction of sp³-hybridized carbons (Fsp3) is 0.692. The topological polar surface area (TPSA) is 61.4 Å². The zero-order valence-corrected chi connectivity index (χ0v) is 13.7. The summed E-state index contributed by atoms with van der Waals surface area (Å²) in [5.41, 5.74) is 1.01. The zero-order chi connectivity index (χ0) is 14.6. The molecule has 1 aliphatic carbocycles. The van der Waals surface area contributed by atoms with Crippen molar-refractivity contribution in [1.29, 1.82) is 0 Å². The number of sulfonamides is 1. The van der Waals surface area contributed by atoms with Crippen LogP contribution in [0.15, 0.2) is 15.7 Å². The van der Waals surface area contributed by atoms with E-state index in [2.05, 4.69) is 21.9 Å². The van der Waals surface area contributed by atoms with Crippen molar-refractivity contribution in [1.82, 2.24) is 14.9 Å². The first-order valence-corrected chi connectivity index (χ1v) is 9.39. The maximum absolute atomic E-state index is 12.2. The third-order valence-electron chi connectivity index (χ3n) is 3.44. The molecule has 0 spiro atoms. The maximum Gasteiger partial charge on any atom is 0.250 e. The molecule has 0 aliphatic heterocycles. The highest BCUT2D eigenvalue weighted by molar-refractivity contribution is 7.91. The van der Waals surface area contributed by atoms with E-state index in [0.29, 0.717) is 23.3 Å². The molecule has 0 saturated heterocycles. The average Bonchev–Trinajstić information content (AvgIpc) is 3.14. The van der Waals surface area contributed by atoms with Gasteiger partial charge < -0.3 is 5.32 Å². The number of nitrogens with one attached hydrogen (secondary N) is 2. The van der Waals surface area contributed by atoms with E-state index in [1.54, 1.807) is 6.07 Å². The predicted octanol–water partition coefficient (Wildman–Crippen LogP) is 1.23. The maximum atomic E-state index is 12.2. The summed E-state index contributed by atoms with van der Waals surface area (Å²) in [6.45, 7) is 5.06. The molecule has 1 aromatic heterocycles. The van der Waals surface area contributed by atoms with Crippen LogP contribution in [0.5, 0.6) is 0 Å². The third kappa shape index (κ3) is 4.26. The highest BCUT2D eigenvalue weighted by Gasteiger charge is 2.27. The second kappa shape index (κ2) is 7.00. The van der Waals surface area contributed by atoms with Crippen LogP contribution in [0.1, 0.15) is 25.3 Å². The molecule has 0 amide bonds. The summed E-state index contributed by atoms with van der Waals surface area (Å²) >= 11 is 1.28. The van der Waals surface area contributed by atoms with Crippen molar-refractivity contribution >= 4 is 21.4 Å². The van der Waals surface area contributed by atoms with Crippen LogP contribution in [0.2, 0.25) is 0 Å². The van der Waals surface area contributed by atoms with Gasteiger partial charge in [-0.15, -0.1) is 11.3 Å². The summed E-state index contributed by atoms with van der Waals surface area (Å²) in [5, 5.41) is 4.90. The summed E-state index contributed by atoms with van der Waals surface area (Å²) in [4.78, 5) is 2.34. The first kappa shape index (κ1) is 15.9. The van der Waals surface area contributed by atoms with Gasteiger partial charge in [0.2, 0.25) is 10.0 Å². The molecule has 0 unspecified atom stereocenters. The van der Waals surface area contributed by atoms with E-state index in [1.165, 1.54) is 24.2 Å². The van der Waals surface area contributed by atoms with Crippen molar-refractivity contribution in [2.45, 2.75) is 36.6 Å². The molecule has 0 atom stereocenters. The van der Waals surface area contributed by atoms with Crippen LogP contribution in [0.4, 0.5) is 0 Å². The molecular weight excluding hydrogens is 294 g/mol. The molecule has 5 nitrogen and oxygen atoms in total. The molecule has 20 heavy (non-hydrogen) atoms. The molecule has 1 heterocycles. The normalized spacial score (nSPS) is 15.9. The van der Waals surface area contributed by atoms with Gasteiger partial charge in [-0.25, -0.2) is 13.1 Å². The van der Waals surface area contributed by atoms with E-state index in [4.69, 9.17) is 0 Å². The SMILES string of the molecule is CCN(CCNS(=O)(=O)c1cc(CNC)cs1)C1CC1. The van der Waals surface area contributed by atoms with Gasteiger partial charge in [-0.05, 0) is 43.4 Å². The van der Waals surface area contributed by atoms with E-state index < -0.39 is 10.0 Å². The molecule has 0 radical (unpaired) electrons. The van der Waals surface area contributed by atoms with Crippen LogP contribution < -0.4 is 10.0 Å². The Hall–Kier alpha value is -0.470. The quantitative estimate of drug-likeness (QED) is 0.719. The molecule has 1 fully saturated rings. The van der Waals surface area contributed by atoms with Crippen molar-refractivity contribution in [3.63, 3.8) is 0 Å². The van der Waals surface area contributed by atoms with Gasteiger partial charge in [-0.1, -0.05) is 6.92 Å². The Balaban J connectivity index is 1.86. The van der Waals surface area contributed by atoms with E-state index in [9.17, 15) is 8.42 Å². The van der Waals surface area contributed by atoms with Gasteiger partial charge in [0, 0.05) is 25.7 Å². The molecule has 1 aromatic rings. The van der Waals surface area contributed by atoms with Crippen molar-refractivity contribution in [3.05, 3.63) is 17.0 Å². The van der Waals surface area contributed by atoms with Gasteiger partial charge >= 0.3 is 0 Å². The van der Waals surface area contributed by atoms with E-state index in [1.807, 2.05) is 12.4 Å². The van der Waals surface area contributed by atoms with Crippen molar-refractivity contribution in [2.75, 3.05) is 26.7 Å². The predicted molar refractivity (Wildman–Crippen MR) is 82.5 cm³/mol. The molecule has 0 bridgehead atoms. The lowest BCUT2D eigenvalue weighted by atomic mass is 10.3. The number of thiophene rings is 1. The van der Waals surface area contributed by atoms with E-state index in [0.717, 1.165) is 18.7 Å². The molecule has 0 aromatic carbocycles. The van der Waals surface area contributed by atoms with E-state index >= 15 is 0 Å². The summed E-state index contributed by atoms with van der Waals surface area (Å²) in [5.74, 6) is 0. The minimum absolute atomic E-state index is 0.400. The van der Waals surface area contributed by atoms with Gasteiger partial charge in [-0.3, -0.25) is 4.90 Å². The number of rotatable bonds is 9. The smallest absolute Gasteiger partial charge is 0.250 e. The van der Waals surface area contributed by atoms with E-state index in [-0.39, 0.29) is 0 Å². The molecule has 7 heteroatoms. The first-order valence-electron chi connectivity index (χ1n) is 7.02. The van der Waals surface area contributed by atoms with Crippen LogP contribution in [0.25, 0.3) is 0 Å². The summed E-state index contributed by atoms with van der Waals surface area (Å²) < 4.78 is 27.4. The number of hydrogen-bond acceptors (Lipinski definition) is 5. The van der Waals surface area contributed by atoms with Gasteiger partial charge in [0.1, 0.15) is 4.21 Å². The molecule has 2 rings (SSSR count). The Morgan fingerprint density at radius 3 is 2.80 bits per heavy atom. The van der Waals surface area contributed by atoms with Gasteiger partial charge in [0.25, 0.3) is 0 Å². The zero-order valence-electron chi connectivity index (χ0n) is 12.1. The Morgan fingerprint density at radius 2 is 2.20 bits per heavy atom. The standard InChI is InChI=1S/C13H23N3O2S2/c1-3-16(12-4-5-12)7-6-15-20(17,18)13-8-11(9-14-2)10-19-13/h8,10,12,14-15H,3-7,9H2,1-2H3. The Morgan fingerprint density at radius 1 is 1.45 bits per heavy atom. The summed E-state index contributed by atoms with van der Waals surface area (Å²) in [6, 6.07) is 2.41.